The summed E-state index contributed by atoms with van der Waals surface area (Å²) in [6.45, 7) is 0. The first-order valence-corrected chi connectivity index (χ1v) is 7.14. The minimum absolute atomic E-state index is 0.189. The van der Waals surface area contributed by atoms with Gasteiger partial charge in [-0.25, -0.2) is 4.39 Å². The van der Waals surface area contributed by atoms with Gasteiger partial charge in [0, 0.05) is 26.7 Å². The van der Waals surface area contributed by atoms with Crippen molar-refractivity contribution in [1.29, 1.82) is 0 Å². The molecule has 104 valence electrons. The molecule has 0 aliphatic heterocycles. The zero-order valence-corrected chi connectivity index (χ0v) is 12.5. The van der Waals surface area contributed by atoms with Gasteiger partial charge < -0.3 is 5.73 Å². The molecule has 0 radical (unpaired) electrons. The Labute approximate surface area is 129 Å². The summed E-state index contributed by atoms with van der Waals surface area (Å²) in [5.74, 6) is -0.529. The molecule has 2 nitrogen and oxygen atoms in total. The molecule has 4 heteroatoms. The molecule has 0 heterocycles. The van der Waals surface area contributed by atoms with Gasteiger partial charge in [-0.15, -0.1) is 0 Å². The van der Waals surface area contributed by atoms with E-state index < -0.39 is 0 Å². The molecule has 3 aromatic rings. The fraction of sp³-hybridized carbons (Fsp3) is 0. The third-order valence-corrected chi connectivity index (χ3v) is 4.04. The Balaban J connectivity index is 2.23. The zero-order valence-electron chi connectivity index (χ0n) is 10.9. The highest BCUT2D eigenvalue weighted by Crippen LogP contribution is 2.27. The van der Waals surface area contributed by atoms with E-state index in [1.54, 1.807) is 42.5 Å². The van der Waals surface area contributed by atoms with Crippen molar-refractivity contribution in [2.75, 3.05) is 5.73 Å². The van der Waals surface area contributed by atoms with Gasteiger partial charge in [-0.1, -0.05) is 40.2 Å². The van der Waals surface area contributed by atoms with Gasteiger partial charge in [0.2, 0.25) is 0 Å². The van der Waals surface area contributed by atoms with Gasteiger partial charge >= 0.3 is 0 Å². The average molecular weight is 344 g/mol. The number of fused-ring (bicyclic) bond motifs is 1. The first-order chi connectivity index (χ1) is 10.1. The lowest BCUT2D eigenvalue weighted by atomic mass is 9.97. The van der Waals surface area contributed by atoms with Crippen molar-refractivity contribution in [2.45, 2.75) is 0 Å². The fourth-order valence-corrected chi connectivity index (χ4v) is 2.75. The van der Waals surface area contributed by atoms with Crippen LogP contribution in [0.15, 0.2) is 59.1 Å². The Morgan fingerprint density at radius 2 is 1.67 bits per heavy atom. The van der Waals surface area contributed by atoms with Crippen LogP contribution in [0, 0.1) is 5.82 Å². The molecular weight excluding hydrogens is 333 g/mol. The van der Waals surface area contributed by atoms with E-state index in [1.807, 2.05) is 0 Å². The van der Waals surface area contributed by atoms with E-state index in [0.29, 0.717) is 32.1 Å². The second-order valence-corrected chi connectivity index (χ2v) is 5.56. The van der Waals surface area contributed by atoms with Gasteiger partial charge in [0.05, 0.1) is 0 Å². The highest BCUT2D eigenvalue weighted by molar-refractivity contribution is 9.10. The number of nitrogen functional groups attached to an aromatic ring is 1. The third-order valence-electron chi connectivity index (χ3n) is 3.35. The van der Waals surface area contributed by atoms with Crippen LogP contribution >= 0.6 is 15.9 Å². The standard InChI is InChI=1S/C17H11BrFNO/c18-15-7-5-10(20)9-14(15)17(21)13-6-8-16(19)12-4-2-1-3-11(12)13/h1-9H,20H2. The number of anilines is 1. The highest BCUT2D eigenvalue weighted by atomic mass is 79.9. The fourth-order valence-electron chi connectivity index (χ4n) is 2.32. The molecule has 3 aromatic carbocycles. The Morgan fingerprint density at radius 1 is 0.952 bits per heavy atom. The predicted octanol–water partition coefficient (Wildman–Crippen LogP) is 4.55. The minimum Gasteiger partial charge on any atom is -0.399 e. The van der Waals surface area contributed by atoms with Crippen LogP contribution in [0.4, 0.5) is 10.1 Å². The topological polar surface area (TPSA) is 43.1 Å². The molecule has 0 saturated carbocycles. The second-order valence-electron chi connectivity index (χ2n) is 4.71. The number of carbonyl (C=O) groups excluding carboxylic acids is 1. The number of carbonyl (C=O) groups is 1. The number of ketones is 1. The number of rotatable bonds is 2. The number of hydrogen-bond acceptors (Lipinski definition) is 2. The maximum absolute atomic E-state index is 13.8. The molecule has 0 atom stereocenters. The van der Waals surface area contributed by atoms with Crippen LogP contribution in [0.25, 0.3) is 10.8 Å². The van der Waals surface area contributed by atoms with Crippen molar-refractivity contribution in [2.24, 2.45) is 0 Å². The van der Waals surface area contributed by atoms with E-state index in [1.165, 1.54) is 12.1 Å². The molecule has 0 bridgehead atoms. The summed E-state index contributed by atoms with van der Waals surface area (Å²) in [6, 6.07) is 14.8. The highest BCUT2D eigenvalue weighted by Gasteiger charge is 2.16. The van der Waals surface area contributed by atoms with E-state index in [9.17, 15) is 9.18 Å². The molecule has 0 aliphatic rings. The Bertz CT molecular complexity index is 861. The number of benzene rings is 3. The van der Waals surface area contributed by atoms with E-state index >= 15 is 0 Å². The molecular formula is C17H11BrFNO. The van der Waals surface area contributed by atoms with E-state index in [-0.39, 0.29) is 11.6 Å². The molecule has 0 aliphatic carbocycles. The van der Waals surface area contributed by atoms with Crippen LogP contribution in [-0.4, -0.2) is 5.78 Å². The lowest BCUT2D eigenvalue weighted by Gasteiger charge is -2.09. The molecule has 0 saturated heterocycles. The van der Waals surface area contributed by atoms with Gasteiger partial charge in [0.1, 0.15) is 5.82 Å². The first kappa shape index (κ1) is 13.8. The molecule has 0 aromatic heterocycles. The molecule has 3 rings (SSSR count). The quantitative estimate of drug-likeness (QED) is 0.547. The number of nitrogens with two attached hydrogens (primary N) is 1. The largest absolute Gasteiger partial charge is 0.399 e. The van der Waals surface area contributed by atoms with Gasteiger partial charge in [-0.05, 0) is 35.7 Å². The maximum Gasteiger partial charge on any atom is 0.194 e. The van der Waals surface area contributed by atoms with Crippen LogP contribution in [-0.2, 0) is 0 Å². The van der Waals surface area contributed by atoms with Gasteiger partial charge in [-0.2, -0.15) is 0 Å². The number of hydrogen-bond donors (Lipinski definition) is 1. The molecule has 21 heavy (non-hydrogen) atoms. The van der Waals surface area contributed by atoms with Crippen LogP contribution < -0.4 is 5.73 Å². The van der Waals surface area contributed by atoms with Crippen LogP contribution in [0.3, 0.4) is 0 Å². The third kappa shape index (κ3) is 2.43. The van der Waals surface area contributed by atoms with Crippen LogP contribution in [0.1, 0.15) is 15.9 Å². The Morgan fingerprint density at radius 3 is 2.43 bits per heavy atom. The Hall–Kier alpha value is -2.20. The predicted molar refractivity (Wildman–Crippen MR) is 85.9 cm³/mol. The molecule has 0 spiro atoms. The summed E-state index contributed by atoms with van der Waals surface area (Å²) >= 11 is 3.36. The minimum atomic E-state index is -0.339. The van der Waals surface area contributed by atoms with E-state index in [0.717, 1.165) is 0 Å². The summed E-state index contributed by atoms with van der Waals surface area (Å²) in [5.41, 5.74) is 7.18. The average Bonchev–Trinajstić information content (AvgIpc) is 2.50. The summed E-state index contributed by atoms with van der Waals surface area (Å²) in [7, 11) is 0. The zero-order chi connectivity index (χ0) is 15.0. The number of halogens is 2. The second kappa shape index (κ2) is 5.30. The first-order valence-electron chi connectivity index (χ1n) is 6.35. The molecule has 0 fully saturated rings. The van der Waals surface area contributed by atoms with Crippen LogP contribution in [0.5, 0.6) is 0 Å². The lowest BCUT2D eigenvalue weighted by Crippen LogP contribution is -2.04. The van der Waals surface area contributed by atoms with Crippen molar-refractivity contribution in [3.63, 3.8) is 0 Å². The van der Waals surface area contributed by atoms with E-state index in [2.05, 4.69) is 15.9 Å². The monoisotopic (exact) mass is 343 g/mol. The maximum atomic E-state index is 13.8. The van der Waals surface area contributed by atoms with Gasteiger partial charge in [-0.3, -0.25) is 4.79 Å². The van der Waals surface area contributed by atoms with Crippen molar-refractivity contribution in [3.05, 3.63) is 76.0 Å². The SMILES string of the molecule is Nc1ccc(Br)c(C(=O)c2ccc(F)c3ccccc23)c1. The lowest BCUT2D eigenvalue weighted by molar-refractivity contribution is 0.103. The van der Waals surface area contributed by atoms with Crippen molar-refractivity contribution in [3.8, 4) is 0 Å². The summed E-state index contributed by atoms with van der Waals surface area (Å²) < 4.78 is 14.5. The molecule has 0 unspecified atom stereocenters. The van der Waals surface area contributed by atoms with Gasteiger partial charge in [0.25, 0.3) is 0 Å². The van der Waals surface area contributed by atoms with Crippen LogP contribution in [0.2, 0.25) is 0 Å². The van der Waals surface area contributed by atoms with Crippen molar-refractivity contribution < 1.29 is 9.18 Å². The Kier molecular flexibility index (Phi) is 3.47. The molecule has 2 N–H and O–H groups in total. The summed E-state index contributed by atoms with van der Waals surface area (Å²) in [4.78, 5) is 12.7. The summed E-state index contributed by atoms with van der Waals surface area (Å²) in [6.07, 6.45) is 0. The smallest absolute Gasteiger partial charge is 0.194 e. The normalized spacial score (nSPS) is 10.8. The summed E-state index contributed by atoms with van der Waals surface area (Å²) in [5, 5.41) is 1.03. The van der Waals surface area contributed by atoms with Crippen molar-refractivity contribution >= 4 is 38.2 Å². The van der Waals surface area contributed by atoms with E-state index in [4.69, 9.17) is 5.73 Å². The molecule has 0 amide bonds. The van der Waals surface area contributed by atoms with Gasteiger partial charge in [0.15, 0.2) is 5.78 Å². The van der Waals surface area contributed by atoms with Crippen molar-refractivity contribution in [1.82, 2.24) is 0 Å².